The molecule has 1 saturated carbocycles. The van der Waals surface area contributed by atoms with Crippen molar-refractivity contribution < 1.29 is 0 Å². The van der Waals surface area contributed by atoms with Crippen molar-refractivity contribution >= 4 is 0 Å². The summed E-state index contributed by atoms with van der Waals surface area (Å²) in [4.78, 5) is 15.4. The minimum absolute atomic E-state index is 0.124. The minimum Gasteiger partial charge on any atom is -0.330 e. The summed E-state index contributed by atoms with van der Waals surface area (Å²) in [5.74, 6) is 0. The quantitative estimate of drug-likeness (QED) is 0.759. The van der Waals surface area contributed by atoms with E-state index in [0.29, 0.717) is 12.6 Å². The number of nitrogens with two attached hydrogens (primary N) is 1. The van der Waals surface area contributed by atoms with Crippen molar-refractivity contribution in [2.45, 2.75) is 31.7 Å². The topological polar surface area (TPSA) is 60.9 Å². The molecule has 0 amide bonds. The predicted molar refractivity (Wildman–Crippen MR) is 54.1 cm³/mol. The molecule has 14 heavy (non-hydrogen) atoms. The van der Waals surface area contributed by atoms with Crippen LogP contribution in [-0.2, 0) is 6.42 Å². The summed E-state index contributed by atoms with van der Waals surface area (Å²) in [6.45, 7) is 0.580. The van der Waals surface area contributed by atoms with Gasteiger partial charge in [-0.1, -0.05) is 0 Å². The zero-order chi connectivity index (χ0) is 9.97. The van der Waals surface area contributed by atoms with Gasteiger partial charge in [0, 0.05) is 24.4 Å². The molecule has 0 spiro atoms. The number of hydrogen-bond acceptors (Lipinski definition) is 3. The number of rotatable bonds is 3. The largest absolute Gasteiger partial charge is 0.347 e. The molecule has 0 radical (unpaired) electrons. The molecule has 1 aliphatic rings. The molecule has 0 atom stereocenters. The molecule has 1 fully saturated rings. The molecule has 0 aromatic carbocycles. The molecule has 4 heteroatoms. The smallest absolute Gasteiger partial charge is 0.330 e. The lowest BCUT2D eigenvalue weighted by molar-refractivity contribution is 0.295. The van der Waals surface area contributed by atoms with Gasteiger partial charge in [-0.05, 0) is 31.9 Å². The zero-order valence-electron chi connectivity index (χ0n) is 8.15. The second-order valence-corrected chi connectivity index (χ2v) is 3.71. The Labute approximate surface area is 82.8 Å². The van der Waals surface area contributed by atoms with Crippen molar-refractivity contribution in [2.24, 2.45) is 5.73 Å². The Morgan fingerprint density at radius 2 is 2.36 bits per heavy atom. The molecule has 0 bridgehead atoms. The summed E-state index contributed by atoms with van der Waals surface area (Å²) in [7, 11) is 0. The van der Waals surface area contributed by atoms with Gasteiger partial charge in [0.2, 0.25) is 0 Å². The maximum atomic E-state index is 11.6. The molecule has 1 aromatic rings. The van der Waals surface area contributed by atoms with Crippen LogP contribution in [0.5, 0.6) is 0 Å². The highest BCUT2D eigenvalue weighted by Crippen LogP contribution is 2.30. The van der Waals surface area contributed by atoms with Crippen molar-refractivity contribution in [3.05, 3.63) is 28.4 Å². The lowest BCUT2D eigenvalue weighted by Crippen LogP contribution is -2.33. The van der Waals surface area contributed by atoms with Gasteiger partial charge < -0.3 is 5.73 Å². The lowest BCUT2D eigenvalue weighted by atomic mass is 9.92. The molecule has 76 valence electrons. The molecule has 0 aliphatic heterocycles. The van der Waals surface area contributed by atoms with Gasteiger partial charge >= 0.3 is 5.69 Å². The number of nitrogens with zero attached hydrogens (tertiary/aromatic N) is 2. The average molecular weight is 193 g/mol. The van der Waals surface area contributed by atoms with Gasteiger partial charge in [0.15, 0.2) is 0 Å². The fourth-order valence-electron chi connectivity index (χ4n) is 1.84. The fraction of sp³-hybridized carbons (Fsp3) is 0.600. The number of hydrogen-bond donors (Lipinski definition) is 1. The third kappa shape index (κ3) is 1.57. The maximum absolute atomic E-state index is 11.6. The molecule has 2 N–H and O–H groups in total. The van der Waals surface area contributed by atoms with Crippen molar-refractivity contribution in [3.8, 4) is 0 Å². The highest BCUT2D eigenvalue weighted by molar-refractivity contribution is 5.04. The minimum atomic E-state index is -0.124. The highest BCUT2D eigenvalue weighted by atomic mass is 16.1. The third-order valence-corrected chi connectivity index (χ3v) is 2.81. The van der Waals surface area contributed by atoms with Crippen molar-refractivity contribution in [1.82, 2.24) is 9.55 Å². The summed E-state index contributed by atoms with van der Waals surface area (Å²) >= 11 is 0. The van der Waals surface area contributed by atoms with E-state index in [4.69, 9.17) is 5.73 Å². The van der Waals surface area contributed by atoms with E-state index in [1.807, 2.05) is 10.6 Å². The second-order valence-electron chi connectivity index (χ2n) is 3.71. The normalized spacial score (nSPS) is 16.6. The van der Waals surface area contributed by atoms with Crippen molar-refractivity contribution in [3.63, 3.8) is 0 Å². The van der Waals surface area contributed by atoms with E-state index >= 15 is 0 Å². The molecule has 4 nitrogen and oxygen atoms in total. The van der Waals surface area contributed by atoms with Gasteiger partial charge in [0.1, 0.15) is 0 Å². The van der Waals surface area contributed by atoms with E-state index in [9.17, 15) is 4.79 Å². The summed E-state index contributed by atoms with van der Waals surface area (Å²) < 4.78 is 1.82. The van der Waals surface area contributed by atoms with Gasteiger partial charge in [-0.25, -0.2) is 9.78 Å². The van der Waals surface area contributed by atoms with Crippen molar-refractivity contribution in [2.75, 3.05) is 6.54 Å². The summed E-state index contributed by atoms with van der Waals surface area (Å²) in [5.41, 5.74) is 6.40. The molecule has 2 rings (SSSR count). The van der Waals surface area contributed by atoms with E-state index in [1.54, 1.807) is 6.20 Å². The monoisotopic (exact) mass is 193 g/mol. The first kappa shape index (κ1) is 9.40. The third-order valence-electron chi connectivity index (χ3n) is 2.81. The molecule has 1 aromatic heterocycles. The van der Waals surface area contributed by atoms with Gasteiger partial charge in [-0.3, -0.25) is 4.57 Å². The zero-order valence-corrected chi connectivity index (χ0v) is 8.15. The van der Waals surface area contributed by atoms with E-state index < -0.39 is 0 Å². The van der Waals surface area contributed by atoms with Gasteiger partial charge in [-0.2, -0.15) is 0 Å². The summed E-state index contributed by atoms with van der Waals surface area (Å²) in [6, 6.07) is 2.27. The van der Waals surface area contributed by atoms with Crippen LogP contribution in [0.15, 0.2) is 17.1 Å². The van der Waals surface area contributed by atoms with Crippen LogP contribution in [0.4, 0.5) is 0 Å². The molecular weight excluding hydrogens is 178 g/mol. The summed E-state index contributed by atoms with van der Waals surface area (Å²) in [6.07, 6.45) is 5.75. The van der Waals surface area contributed by atoms with E-state index in [2.05, 4.69) is 4.98 Å². The maximum Gasteiger partial charge on any atom is 0.347 e. The van der Waals surface area contributed by atoms with Crippen LogP contribution in [0.1, 0.15) is 31.0 Å². The molecule has 1 aliphatic carbocycles. The predicted octanol–water partition coefficient (Wildman–Crippen LogP) is 0.469. The first-order chi connectivity index (χ1) is 6.83. The number of aromatic nitrogens is 2. The Bertz CT molecular complexity index is 368. The first-order valence-electron chi connectivity index (χ1n) is 5.09. The van der Waals surface area contributed by atoms with Gasteiger partial charge in [0.25, 0.3) is 0 Å². The SMILES string of the molecule is NCCc1ccnc(=O)n1C1CCC1. The Balaban J connectivity index is 2.37. The van der Waals surface area contributed by atoms with Gasteiger partial charge in [-0.15, -0.1) is 0 Å². The van der Waals surface area contributed by atoms with Crippen LogP contribution >= 0.6 is 0 Å². The lowest BCUT2D eigenvalue weighted by Gasteiger charge is -2.29. The molecule has 1 heterocycles. The standard InChI is InChI=1S/C10H15N3O/c11-6-4-9-5-7-12-10(14)13(9)8-2-1-3-8/h5,7-8H,1-4,6,11H2. The van der Waals surface area contributed by atoms with Gasteiger partial charge in [0.05, 0.1) is 0 Å². The van der Waals surface area contributed by atoms with E-state index in [-0.39, 0.29) is 5.69 Å². The molecule has 0 saturated heterocycles. The van der Waals surface area contributed by atoms with Crippen molar-refractivity contribution in [1.29, 1.82) is 0 Å². The Morgan fingerprint density at radius 1 is 1.57 bits per heavy atom. The first-order valence-corrected chi connectivity index (χ1v) is 5.09. The Kier molecular flexibility index (Phi) is 2.63. The fourth-order valence-corrected chi connectivity index (χ4v) is 1.84. The van der Waals surface area contributed by atoms with Crippen LogP contribution in [0.2, 0.25) is 0 Å². The van der Waals surface area contributed by atoms with Crippen LogP contribution in [-0.4, -0.2) is 16.1 Å². The van der Waals surface area contributed by atoms with Crippen LogP contribution in [0.3, 0.4) is 0 Å². The second kappa shape index (κ2) is 3.92. The Hall–Kier alpha value is -1.16. The van der Waals surface area contributed by atoms with Crippen LogP contribution in [0.25, 0.3) is 0 Å². The molecular formula is C10H15N3O. The highest BCUT2D eigenvalue weighted by Gasteiger charge is 2.22. The average Bonchev–Trinajstić information content (AvgIpc) is 2.08. The van der Waals surface area contributed by atoms with E-state index in [0.717, 1.165) is 25.0 Å². The van der Waals surface area contributed by atoms with Crippen LogP contribution < -0.4 is 11.4 Å². The summed E-state index contributed by atoms with van der Waals surface area (Å²) in [5, 5.41) is 0. The Morgan fingerprint density at radius 3 is 2.93 bits per heavy atom. The van der Waals surface area contributed by atoms with Crippen LogP contribution in [0, 0.1) is 0 Å². The molecule has 0 unspecified atom stereocenters. The van der Waals surface area contributed by atoms with E-state index in [1.165, 1.54) is 6.42 Å².